The minimum Gasteiger partial charge on any atom is -0.596 e. The van der Waals surface area contributed by atoms with E-state index in [1.54, 1.807) is 18.8 Å². The third-order valence-electron chi connectivity index (χ3n) is 1.85. The van der Waals surface area contributed by atoms with Gasteiger partial charge in [-0.05, 0) is 19.2 Å². The third-order valence-corrected chi connectivity index (χ3v) is 3.02. The van der Waals surface area contributed by atoms with Crippen LogP contribution in [0.4, 0.5) is 0 Å². The summed E-state index contributed by atoms with van der Waals surface area (Å²) in [5.74, 6) is 0.758. The number of nitrogens with zero attached hydrogens (tertiary/aromatic N) is 2. The first-order valence-electron chi connectivity index (χ1n) is 4.77. The first-order chi connectivity index (χ1) is 7.36. The van der Waals surface area contributed by atoms with Crippen LogP contribution in [0.25, 0.3) is 5.43 Å². The summed E-state index contributed by atoms with van der Waals surface area (Å²) in [6.45, 7) is 0.548. The van der Waals surface area contributed by atoms with Crippen LogP contribution in [0.1, 0.15) is 0 Å². The van der Waals surface area contributed by atoms with Crippen molar-refractivity contribution in [2.45, 2.75) is 4.90 Å². The van der Waals surface area contributed by atoms with Gasteiger partial charge in [0.2, 0.25) is 0 Å². The summed E-state index contributed by atoms with van der Waals surface area (Å²) in [6, 6.07) is 12.3. The fourth-order valence-corrected chi connectivity index (χ4v) is 1.97. The number of thioether (sulfide) groups is 1. The molecular weight excluding hydrogens is 229 g/mol. The van der Waals surface area contributed by atoms with Crippen LogP contribution < -0.4 is 35.0 Å². The standard InChI is InChI=1S/C11H14N3S.Na/c1-13-14-8-10(7-12)9-15-11-5-3-2-4-6-11;/h2-6,10,13H,8-9H2,1H3;/q-1;+1. The van der Waals surface area contributed by atoms with Gasteiger partial charge in [0, 0.05) is 16.6 Å². The Bertz CT molecular complexity index is 313. The van der Waals surface area contributed by atoms with Gasteiger partial charge in [-0.15, -0.1) is 18.3 Å². The minimum absolute atomic E-state index is 0. The van der Waals surface area contributed by atoms with Gasteiger partial charge in [0.25, 0.3) is 0 Å². The molecule has 0 bridgehead atoms. The maximum Gasteiger partial charge on any atom is 1.00 e. The second-order valence-electron chi connectivity index (χ2n) is 3.01. The maximum atomic E-state index is 8.88. The summed E-state index contributed by atoms with van der Waals surface area (Å²) >= 11 is 1.69. The molecule has 1 aromatic rings. The number of hydrogen-bond acceptors (Lipinski definition) is 3. The predicted octanol–water partition coefficient (Wildman–Crippen LogP) is -0.569. The van der Waals surface area contributed by atoms with Gasteiger partial charge in [-0.2, -0.15) is 5.26 Å². The largest absolute Gasteiger partial charge is 1.00 e. The fraction of sp³-hybridized carbons (Fsp3) is 0.364. The molecule has 1 atom stereocenters. The molecule has 0 radical (unpaired) electrons. The molecule has 80 valence electrons. The van der Waals surface area contributed by atoms with E-state index >= 15 is 0 Å². The van der Waals surface area contributed by atoms with Crippen LogP contribution in [0.2, 0.25) is 0 Å². The van der Waals surface area contributed by atoms with Crippen LogP contribution in [0.15, 0.2) is 35.2 Å². The Morgan fingerprint density at radius 2 is 2.12 bits per heavy atom. The van der Waals surface area contributed by atoms with Crippen LogP contribution in [-0.2, 0) is 0 Å². The topological polar surface area (TPSA) is 49.9 Å². The molecule has 0 aliphatic rings. The molecule has 1 aromatic carbocycles. The van der Waals surface area contributed by atoms with E-state index in [0.29, 0.717) is 6.54 Å². The Balaban J connectivity index is 0.00000225. The first kappa shape index (κ1) is 16.0. The van der Waals surface area contributed by atoms with Gasteiger partial charge >= 0.3 is 29.6 Å². The van der Waals surface area contributed by atoms with Crippen molar-refractivity contribution in [3.05, 3.63) is 35.8 Å². The number of rotatable bonds is 6. The summed E-state index contributed by atoms with van der Waals surface area (Å²) in [5.41, 5.74) is 6.66. The van der Waals surface area contributed by atoms with Crippen LogP contribution in [-0.4, -0.2) is 19.3 Å². The smallest absolute Gasteiger partial charge is 0.596 e. The summed E-state index contributed by atoms with van der Waals surface area (Å²) in [7, 11) is 1.75. The normalized spacial score (nSPS) is 11.2. The number of benzene rings is 1. The van der Waals surface area contributed by atoms with Crippen molar-refractivity contribution in [2.75, 3.05) is 19.3 Å². The van der Waals surface area contributed by atoms with Crippen molar-refractivity contribution in [2.24, 2.45) is 5.92 Å². The van der Waals surface area contributed by atoms with E-state index in [-0.39, 0.29) is 35.5 Å². The fourth-order valence-electron chi connectivity index (χ4n) is 1.05. The molecule has 3 nitrogen and oxygen atoms in total. The van der Waals surface area contributed by atoms with Crippen LogP contribution in [0, 0.1) is 17.2 Å². The van der Waals surface area contributed by atoms with Crippen molar-refractivity contribution in [1.82, 2.24) is 5.43 Å². The van der Waals surface area contributed by atoms with Crippen molar-refractivity contribution in [3.63, 3.8) is 0 Å². The summed E-state index contributed by atoms with van der Waals surface area (Å²) in [4.78, 5) is 1.20. The van der Waals surface area contributed by atoms with Gasteiger partial charge in [-0.25, -0.2) is 0 Å². The third kappa shape index (κ3) is 6.54. The van der Waals surface area contributed by atoms with E-state index < -0.39 is 0 Å². The van der Waals surface area contributed by atoms with Crippen molar-refractivity contribution in [3.8, 4) is 6.07 Å². The van der Waals surface area contributed by atoms with Crippen LogP contribution in [0.3, 0.4) is 0 Å². The second kappa shape index (κ2) is 10.2. The van der Waals surface area contributed by atoms with E-state index in [0.717, 1.165) is 5.75 Å². The Morgan fingerprint density at radius 3 is 2.69 bits per heavy atom. The zero-order valence-corrected chi connectivity index (χ0v) is 12.5. The summed E-state index contributed by atoms with van der Waals surface area (Å²) < 4.78 is 0. The Morgan fingerprint density at radius 1 is 1.44 bits per heavy atom. The van der Waals surface area contributed by atoms with Gasteiger partial charge in [-0.1, -0.05) is 18.2 Å². The van der Waals surface area contributed by atoms with E-state index in [1.165, 1.54) is 4.90 Å². The minimum atomic E-state index is -0.0253. The Kier molecular flexibility index (Phi) is 10.1. The quantitative estimate of drug-likeness (QED) is 0.413. The van der Waals surface area contributed by atoms with E-state index in [2.05, 4.69) is 16.9 Å². The van der Waals surface area contributed by atoms with E-state index in [4.69, 9.17) is 5.26 Å². The van der Waals surface area contributed by atoms with E-state index in [1.807, 2.05) is 30.3 Å². The molecule has 0 saturated heterocycles. The van der Waals surface area contributed by atoms with Gasteiger partial charge in [-0.3, -0.25) is 0 Å². The zero-order chi connectivity index (χ0) is 10.9. The molecule has 0 saturated carbocycles. The molecule has 0 spiro atoms. The SMILES string of the molecule is CN[N-]CC(C#N)CSc1ccccc1.[Na+]. The molecule has 0 fully saturated rings. The maximum absolute atomic E-state index is 8.88. The predicted molar refractivity (Wildman–Crippen MR) is 63.6 cm³/mol. The van der Waals surface area contributed by atoms with Crippen molar-refractivity contribution < 1.29 is 29.6 Å². The Hall–Kier alpha value is -0.0200. The average molecular weight is 243 g/mol. The molecule has 0 aliphatic carbocycles. The van der Waals surface area contributed by atoms with Crippen LogP contribution in [0.5, 0.6) is 0 Å². The number of nitriles is 1. The molecule has 16 heavy (non-hydrogen) atoms. The van der Waals surface area contributed by atoms with Gasteiger partial charge in [0.1, 0.15) is 0 Å². The van der Waals surface area contributed by atoms with Gasteiger partial charge < -0.3 is 10.9 Å². The molecule has 0 aliphatic heterocycles. The second-order valence-corrected chi connectivity index (χ2v) is 4.11. The summed E-state index contributed by atoms with van der Waals surface area (Å²) in [5, 5.41) is 8.88. The molecule has 0 heterocycles. The number of nitrogens with one attached hydrogen (secondary N) is 1. The van der Waals surface area contributed by atoms with Gasteiger partial charge in [0.05, 0.1) is 6.07 Å². The molecular formula is C11H14N3NaS. The van der Waals surface area contributed by atoms with Gasteiger partial charge in [0.15, 0.2) is 0 Å². The first-order valence-corrected chi connectivity index (χ1v) is 5.76. The van der Waals surface area contributed by atoms with E-state index in [9.17, 15) is 0 Å². The molecule has 1 rings (SSSR count). The Labute approximate surface area is 123 Å². The van der Waals surface area contributed by atoms with Crippen LogP contribution >= 0.6 is 11.8 Å². The molecule has 1 unspecified atom stereocenters. The zero-order valence-electron chi connectivity index (χ0n) is 9.68. The van der Waals surface area contributed by atoms with Crippen molar-refractivity contribution in [1.29, 1.82) is 5.26 Å². The molecule has 0 aromatic heterocycles. The molecule has 5 heteroatoms. The molecule has 1 N–H and O–H groups in total. The van der Waals surface area contributed by atoms with Crippen molar-refractivity contribution >= 4 is 11.8 Å². The number of hydrogen-bond donors (Lipinski definition) is 1. The summed E-state index contributed by atoms with van der Waals surface area (Å²) in [6.07, 6.45) is 0. The average Bonchev–Trinajstić information content (AvgIpc) is 2.31. The molecule has 0 amide bonds. The monoisotopic (exact) mass is 243 g/mol.